The van der Waals surface area contributed by atoms with Gasteiger partial charge in [0, 0.05) is 11.8 Å². The van der Waals surface area contributed by atoms with Crippen LogP contribution in [0.5, 0.6) is 5.75 Å². The number of para-hydroxylation sites is 2. The summed E-state index contributed by atoms with van der Waals surface area (Å²) < 4.78 is 19.0. The van der Waals surface area contributed by atoms with Crippen LogP contribution in [0.3, 0.4) is 0 Å². The number of nitrogens with zero attached hydrogens (tertiary/aromatic N) is 1. The number of benzene rings is 3. The van der Waals surface area contributed by atoms with Gasteiger partial charge in [0.05, 0.1) is 5.69 Å². The first-order valence-electron chi connectivity index (χ1n) is 7.37. The smallest absolute Gasteiger partial charge is 0.128 e. The quantitative estimate of drug-likeness (QED) is 0.597. The van der Waals surface area contributed by atoms with Crippen LogP contribution in [-0.4, -0.2) is 6.21 Å². The van der Waals surface area contributed by atoms with Crippen LogP contribution in [0.1, 0.15) is 11.1 Å². The van der Waals surface area contributed by atoms with Crippen LogP contribution >= 0.6 is 0 Å². The third-order valence-corrected chi connectivity index (χ3v) is 3.31. The minimum Gasteiger partial charge on any atom is -0.488 e. The summed E-state index contributed by atoms with van der Waals surface area (Å²) in [6, 6.07) is 23.8. The van der Waals surface area contributed by atoms with Gasteiger partial charge < -0.3 is 4.74 Å². The average molecular weight is 305 g/mol. The first kappa shape index (κ1) is 15.0. The van der Waals surface area contributed by atoms with Crippen molar-refractivity contribution in [3.8, 4) is 5.75 Å². The highest BCUT2D eigenvalue weighted by Crippen LogP contribution is 2.19. The summed E-state index contributed by atoms with van der Waals surface area (Å²) in [5, 5.41) is 0. The van der Waals surface area contributed by atoms with Crippen LogP contribution in [0.15, 0.2) is 83.9 Å². The molecule has 0 bridgehead atoms. The van der Waals surface area contributed by atoms with Crippen molar-refractivity contribution in [1.82, 2.24) is 0 Å². The van der Waals surface area contributed by atoms with Crippen molar-refractivity contribution in [2.24, 2.45) is 4.99 Å². The van der Waals surface area contributed by atoms with E-state index < -0.39 is 0 Å². The second-order valence-electron chi connectivity index (χ2n) is 5.05. The van der Waals surface area contributed by atoms with Crippen molar-refractivity contribution in [3.05, 3.63) is 95.8 Å². The molecule has 0 heterocycles. The van der Waals surface area contributed by atoms with E-state index in [2.05, 4.69) is 4.99 Å². The van der Waals surface area contributed by atoms with E-state index in [4.69, 9.17) is 4.74 Å². The van der Waals surface area contributed by atoms with E-state index in [0.29, 0.717) is 6.61 Å². The normalized spacial score (nSPS) is 10.8. The van der Waals surface area contributed by atoms with Crippen molar-refractivity contribution < 1.29 is 9.13 Å². The molecule has 0 aromatic heterocycles. The Bertz CT molecular complexity index is 800. The molecule has 0 radical (unpaired) electrons. The molecular formula is C20H16FNO. The van der Waals surface area contributed by atoms with E-state index in [1.54, 1.807) is 12.3 Å². The molecule has 0 atom stereocenters. The number of halogens is 1. The molecule has 0 amide bonds. The second kappa shape index (κ2) is 7.36. The number of hydrogen-bond acceptors (Lipinski definition) is 2. The van der Waals surface area contributed by atoms with Gasteiger partial charge in [-0.25, -0.2) is 4.39 Å². The number of aliphatic imine (C=N–C) groups is 1. The minimum atomic E-state index is -0.259. The summed E-state index contributed by atoms with van der Waals surface area (Å²) in [5.41, 5.74) is 2.56. The maximum Gasteiger partial charge on any atom is 0.128 e. The molecule has 0 saturated heterocycles. The third kappa shape index (κ3) is 4.27. The Labute approximate surface area is 134 Å². The van der Waals surface area contributed by atoms with Crippen LogP contribution < -0.4 is 4.74 Å². The standard InChI is InChI=1S/C20H16FNO/c21-18-9-6-7-16(13-18)15-23-20-12-5-4-8-17(20)14-22-19-10-2-1-3-11-19/h1-14H,15H2. The second-order valence-corrected chi connectivity index (χ2v) is 5.05. The Morgan fingerprint density at radius 1 is 0.870 bits per heavy atom. The summed E-state index contributed by atoms with van der Waals surface area (Å²) in [5.74, 6) is 0.460. The van der Waals surface area contributed by atoms with Gasteiger partial charge in [0.25, 0.3) is 0 Å². The zero-order chi connectivity index (χ0) is 15.9. The van der Waals surface area contributed by atoms with E-state index >= 15 is 0 Å². The highest BCUT2D eigenvalue weighted by atomic mass is 19.1. The number of rotatable bonds is 5. The molecule has 0 spiro atoms. The molecule has 3 heteroatoms. The number of ether oxygens (including phenoxy) is 1. The predicted octanol–water partition coefficient (Wildman–Crippen LogP) is 5.16. The summed E-state index contributed by atoms with van der Waals surface area (Å²) >= 11 is 0. The van der Waals surface area contributed by atoms with Crippen LogP contribution in [0, 0.1) is 5.82 Å². The van der Waals surface area contributed by atoms with Crippen LogP contribution in [0.25, 0.3) is 0 Å². The summed E-state index contributed by atoms with van der Waals surface area (Å²) in [6.45, 7) is 0.313. The van der Waals surface area contributed by atoms with Crippen LogP contribution in [-0.2, 0) is 6.61 Å². The molecule has 0 aliphatic heterocycles. The molecule has 0 aliphatic rings. The maximum absolute atomic E-state index is 13.2. The molecule has 23 heavy (non-hydrogen) atoms. The highest BCUT2D eigenvalue weighted by Gasteiger charge is 2.02. The van der Waals surface area contributed by atoms with Crippen molar-refractivity contribution >= 4 is 11.9 Å². The molecule has 0 unspecified atom stereocenters. The summed E-state index contributed by atoms with van der Waals surface area (Å²) in [6.07, 6.45) is 1.77. The Hall–Kier alpha value is -2.94. The van der Waals surface area contributed by atoms with Crippen LogP contribution in [0.4, 0.5) is 10.1 Å². The van der Waals surface area contributed by atoms with E-state index in [0.717, 1.165) is 22.6 Å². The van der Waals surface area contributed by atoms with E-state index in [-0.39, 0.29) is 5.82 Å². The fraction of sp³-hybridized carbons (Fsp3) is 0.0500. The molecule has 0 N–H and O–H groups in total. The fourth-order valence-corrected chi connectivity index (χ4v) is 2.16. The topological polar surface area (TPSA) is 21.6 Å². The zero-order valence-electron chi connectivity index (χ0n) is 12.5. The van der Waals surface area contributed by atoms with Crippen molar-refractivity contribution in [2.45, 2.75) is 6.61 Å². The van der Waals surface area contributed by atoms with Gasteiger partial charge in [0.15, 0.2) is 0 Å². The van der Waals surface area contributed by atoms with Gasteiger partial charge in [-0.05, 0) is 42.0 Å². The molecule has 3 aromatic carbocycles. The average Bonchev–Trinajstić information content (AvgIpc) is 2.60. The van der Waals surface area contributed by atoms with Gasteiger partial charge in [-0.1, -0.05) is 42.5 Å². The number of hydrogen-bond donors (Lipinski definition) is 0. The molecule has 0 saturated carbocycles. The molecule has 0 aliphatic carbocycles. The van der Waals surface area contributed by atoms with Crippen molar-refractivity contribution in [3.63, 3.8) is 0 Å². The van der Waals surface area contributed by atoms with Crippen molar-refractivity contribution in [1.29, 1.82) is 0 Å². The summed E-state index contributed by atoms with van der Waals surface area (Å²) in [7, 11) is 0. The van der Waals surface area contributed by atoms with Gasteiger partial charge in [0.2, 0.25) is 0 Å². The highest BCUT2D eigenvalue weighted by molar-refractivity contribution is 5.85. The first-order valence-corrected chi connectivity index (χ1v) is 7.37. The van der Waals surface area contributed by atoms with Crippen molar-refractivity contribution in [2.75, 3.05) is 0 Å². The molecule has 3 rings (SSSR count). The lowest BCUT2D eigenvalue weighted by Gasteiger charge is -2.09. The monoisotopic (exact) mass is 305 g/mol. The molecular weight excluding hydrogens is 289 g/mol. The van der Waals surface area contributed by atoms with Gasteiger partial charge in [-0.2, -0.15) is 0 Å². The van der Waals surface area contributed by atoms with Gasteiger partial charge >= 0.3 is 0 Å². The Kier molecular flexibility index (Phi) is 4.79. The third-order valence-electron chi connectivity index (χ3n) is 3.31. The molecule has 114 valence electrons. The van der Waals surface area contributed by atoms with E-state index in [1.807, 2.05) is 60.7 Å². The van der Waals surface area contributed by atoms with Crippen LogP contribution in [0.2, 0.25) is 0 Å². The largest absolute Gasteiger partial charge is 0.488 e. The Morgan fingerprint density at radius 2 is 1.65 bits per heavy atom. The fourth-order valence-electron chi connectivity index (χ4n) is 2.16. The lowest BCUT2D eigenvalue weighted by atomic mass is 10.2. The van der Waals surface area contributed by atoms with Gasteiger partial charge in [-0.15, -0.1) is 0 Å². The van der Waals surface area contributed by atoms with Gasteiger partial charge in [0.1, 0.15) is 18.2 Å². The first-order chi connectivity index (χ1) is 11.3. The maximum atomic E-state index is 13.2. The van der Waals surface area contributed by atoms with E-state index in [1.165, 1.54) is 12.1 Å². The molecule has 0 fully saturated rings. The lowest BCUT2D eigenvalue weighted by Crippen LogP contribution is -1.98. The molecule has 3 aromatic rings. The Morgan fingerprint density at radius 3 is 2.48 bits per heavy atom. The summed E-state index contributed by atoms with van der Waals surface area (Å²) in [4.78, 5) is 4.44. The predicted molar refractivity (Wildman–Crippen MR) is 90.9 cm³/mol. The van der Waals surface area contributed by atoms with Gasteiger partial charge in [-0.3, -0.25) is 4.99 Å². The Balaban J connectivity index is 1.74. The minimum absolute atomic E-state index is 0.259. The molecule has 2 nitrogen and oxygen atoms in total. The van der Waals surface area contributed by atoms with E-state index in [9.17, 15) is 4.39 Å². The SMILES string of the molecule is Fc1cccc(COc2ccccc2C=Nc2ccccc2)c1. The zero-order valence-corrected chi connectivity index (χ0v) is 12.5. The lowest BCUT2D eigenvalue weighted by molar-refractivity contribution is 0.305.